The Kier molecular flexibility index (Phi) is 5.21. The number of methoxy groups -OCH3 is 1. The Labute approximate surface area is 156 Å². The average Bonchev–Trinajstić information content (AvgIpc) is 3.43. The Bertz CT molecular complexity index is 777. The van der Waals surface area contributed by atoms with Crippen molar-refractivity contribution < 1.29 is 9.53 Å². The van der Waals surface area contributed by atoms with E-state index >= 15 is 0 Å². The van der Waals surface area contributed by atoms with Crippen LogP contribution in [-0.4, -0.2) is 19.7 Å². The molecule has 1 saturated carbocycles. The maximum Gasteiger partial charge on any atom is 0.319 e. The van der Waals surface area contributed by atoms with Gasteiger partial charge >= 0.3 is 6.03 Å². The molecule has 1 aliphatic carbocycles. The van der Waals surface area contributed by atoms with Gasteiger partial charge in [0.05, 0.1) is 7.11 Å². The lowest BCUT2D eigenvalue weighted by Crippen LogP contribution is -2.35. The second kappa shape index (κ2) is 7.40. The zero-order valence-corrected chi connectivity index (χ0v) is 16.1. The van der Waals surface area contributed by atoms with Gasteiger partial charge in [-0.1, -0.05) is 44.2 Å². The number of urea groups is 1. The van der Waals surface area contributed by atoms with E-state index < -0.39 is 0 Å². The van der Waals surface area contributed by atoms with Crippen LogP contribution in [0, 0.1) is 6.92 Å². The van der Waals surface area contributed by atoms with Gasteiger partial charge in [-0.15, -0.1) is 0 Å². The summed E-state index contributed by atoms with van der Waals surface area (Å²) in [4.78, 5) is 12.5. The average molecular weight is 352 g/mol. The second-order valence-electron chi connectivity index (χ2n) is 7.51. The molecule has 3 rings (SSSR count). The van der Waals surface area contributed by atoms with Crippen LogP contribution in [0.1, 0.15) is 49.3 Å². The number of rotatable bonds is 6. The molecular weight excluding hydrogens is 324 g/mol. The molecule has 0 heterocycles. The van der Waals surface area contributed by atoms with Gasteiger partial charge in [0.1, 0.15) is 5.75 Å². The third kappa shape index (κ3) is 3.85. The molecule has 26 heavy (non-hydrogen) atoms. The zero-order valence-electron chi connectivity index (χ0n) is 16.1. The Morgan fingerprint density at radius 3 is 2.42 bits per heavy atom. The van der Waals surface area contributed by atoms with Crippen LogP contribution in [0.5, 0.6) is 5.75 Å². The normalized spacial score (nSPS) is 14.8. The number of amides is 2. The number of nitrogens with one attached hydrogen (secondary N) is 2. The van der Waals surface area contributed by atoms with E-state index in [-0.39, 0.29) is 11.4 Å². The number of benzene rings is 2. The highest BCUT2D eigenvalue weighted by atomic mass is 16.5. The fourth-order valence-electron chi connectivity index (χ4n) is 3.41. The van der Waals surface area contributed by atoms with Crippen LogP contribution in [0.4, 0.5) is 10.5 Å². The summed E-state index contributed by atoms with van der Waals surface area (Å²) in [5.41, 5.74) is 4.50. The number of carbonyl (C=O) groups excluding carboxylic acids is 1. The molecule has 0 atom stereocenters. The van der Waals surface area contributed by atoms with Gasteiger partial charge in [-0.05, 0) is 54.5 Å². The molecule has 0 radical (unpaired) electrons. The van der Waals surface area contributed by atoms with Crippen molar-refractivity contribution in [3.8, 4) is 5.75 Å². The van der Waals surface area contributed by atoms with E-state index in [4.69, 9.17) is 4.74 Å². The predicted molar refractivity (Wildman–Crippen MR) is 106 cm³/mol. The minimum absolute atomic E-state index is 0.0657. The van der Waals surface area contributed by atoms with E-state index in [0.717, 1.165) is 35.4 Å². The minimum atomic E-state index is -0.138. The van der Waals surface area contributed by atoms with E-state index in [9.17, 15) is 4.79 Å². The van der Waals surface area contributed by atoms with Crippen LogP contribution < -0.4 is 15.4 Å². The molecule has 0 aromatic heterocycles. The molecule has 2 amide bonds. The van der Waals surface area contributed by atoms with Gasteiger partial charge < -0.3 is 15.4 Å². The summed E-state index contributed by atoms with van der Waals surface area (Å²) in [5, 5.41) is 6.13. The Balaban J connectivity index is 1.64. The molecule has 4 heteroatoms. The fraction of sp³-hybridized carbons (Fsp3) is 0.409. The van der Waals surface area contributed by atoms with E-state index in [2.05, 4.69) is 42.7 Å². The summed E-state index contributed by atoms with van der Waals surface area (Å²) in [6.07, 6.45) is 2.20. The highest BCUT2D eigenvalue weighted by molar-refractivity contribution is 5.91. The van der Waals surface area contributed by atoms with Crippen molar-refractivity contribution in [2.75, 3.05) is 19.0 Å². The quantitative estimate of drug-likeness (QED) is 0.770. The van der Waals surface area contributed by atoms with Gasteiger partial charge in [0.15, 0.2) is 0 Å². The lowest BCUT2D eigenvalue weighted by atomic mass is 9.96. The third-order valence-corrected chi connectivity index (χ3v) is 5.31. The standard InChI is InChI=1S/C22H28N2O2/c1-15(2)19-7-5-6-16(3)20(19)24-21(25)23-14-22(12-13-22)17-8-10-18(26-4)11-9-17/h5-11,15H,12-14H2,1-4H3,(H2,23,24,25). The fourth-order valence-corrected chi connectivity index (χ4v) is 3.41. The van der Waals surface area contributed by atoms with E-state index in [0.29, 0.717) is 12.5 Å². The molecule has 2 aromatic rings. The first-order valence-electron chi connectivity index (χ1n) is 9.24. The van der Waals surface area contributed by atoms with Crippen molar-refractivity contribution in [2.45, 2.75) is 44.9 Å². The molecule has 2 N–H and O–H groups in total. The maximum atomic E-state index is 12.5. The summed E-state index contributed by atoms with van der Waals surface area (Å²) < 4.78 is 5.23. The van der Waals surface area contributed by atoms with Gasteiger partial charge in [0.2, 0.25) is 0 Å². The van der Waals surface area contributed by atoms with Crippen molar-refractivity contribution in [1.82, 2.24) is 5.32 Å². The topological polar surface area (TPSA) is 50.4 Å². The van der Waals surface area contributed by atoms with Gasteiger partial charge in [0, 0.05) is 17.6 Å². The van der Waals surface area contributed by atoms with E-state index in [1.165, 1.54) is 5.56 Å². The van der Waals surface area contributed by atoms with Crippen LogP contribution in [0.2, 0.25) is 0 Å². The lowest BCUT2D eigenvalue weighted by Gasteiger charge is -2.20. The molecule has 1 fully saturated rings. The number of carbonyl (C=O) groups is 1. The third-order valence-electron chi connectivity index (χ3n) is 5.31. The second-order valence-corrected chi connectivity index (χ2v) is 7.51. The zero-order chi connectivity index (χ0) is 18.7. The lowest BCUT2D eigenvalue weighted by molar-refractivity contribution is 0.251. The molecule has 0 unspecified atom stereocenters. The largest absolute Gasteiger partial charge is 0.497 e. The number of aryl methyl sites for hydroxylation is 1. The van der Waals surface area contributed by atoms with Crippen molar-refractivity contribution in [3.63, 3.8) is 0 Å². The van der Waals surface area contributed by atoms with E-state index in [1.54, 1.807) is 7.11 Å². The first-order valence-corrected chi connectivity index (χ1v) is 9.24. The number of hydrogen-bond donors (Lipinski definition) is 2. The van der Waals surface area contributed by atoms with Gasteiger partial charge in [-0.2, -0.15) is 0 Å². The van der Waals surface area contributed by atoms with Crippen LogP contribution >= 0.6 is 0 Å². The first-order chi connectivity index (χ1) is 12.4. The van der Waals surface area contributed by atoms with Crippen molar-refractivity contribution >= 4 is 11.7 Å². The molecule has 0 saturated heterocycles. The summed E-state index contributed by atoms with van der Waals surface area (Å²) in [6.45, 7) is 6.96. The van der Waals surface area contributed by atoms with Gasteiger partial charge in [0.25, 0.3) is 0 Å². The van der Waals surface area contributed by atoms with Crippen molar-refractivity contribution in [1.29, 1.82) is 0 Å². The first kappa shape index (κ1) is 18.3. The maximum absolute atomic E-state index is 12.5. The molecule has 1 aliphatic rings. The number of hydrogen-bond acceptors (Lipinski definition) is 2. The number of anilines is 1. The molecule has 138 valence electrons. The smallest absolute Gasteiger partial charge is 0.319 e. The van der Waals surface area contributed by atoms with Crippen LogP contribution in [0.25, 0.3) is 0 Å². The predicted octanol–water partition coefficient (Wildman–Crippen LogP) is 4.98. The number of ether oxygens (including phenoxy) is 1. The van der Waals surface area contributed by atoms with Gasteiger partial charge in [-0.3, -0.25) is 0 Å². The molecule has 0 aliphatic heterocycles. The van der Waals surface area contributed by atoms with Crippen LogP contribution in [0.15, 0.2) is 42.5 Å². The monoisotopic (exact) mass is 352 g/mol. The summed E-state index contributed by atoms with van der Waals surface area (Å²) >= 11 is 0. The van der Waals surface area contributed by atoms with Crippen LogP contribution in [0.3, 0.4) is 0 Å². The molecular formula is C22H28N2O2. The van der Waals surface area contributed by atoms with Gasteiger partial charge in [-0.25, -0.2) is 4.79 Å². The Morgan fingerprint density at radius 1 is 1.15 bits per heavy atom. The molecule has 0 spiro atoms. The Morgan fingerprint density at radius 2 is 1.85 bits per heavy atom. The molecule has 0 bridgehead atoms. The number of para-hydroxylation sites is 1. The van der Waals surface area contributed by atoms with Crippen molar-refractivity contribution in [2.24, 2.45) is 0 Å². The molecule has 4 nitrogen and oxygen atoms in total. The van der Waals surface area contributed by atoms with E-state index in [1.807, 2.05) is 31.2 Å². The highest BCUT2D eigenvalue weighted by Crippen LogP contribution is 2.47. The SMILES string of the molecule is COc1ccc(C2(CNC(=O)Nc3c(C)cccc3C(C)C)CC2)cc1. The minimum Gasteiger partial charge on any atom is -0.497 e. The summed E-state index contributed by atoms with van der Waals surface area (Å²) in [5.74, 6) is 1.22. The van der Waals surface area contributed by atoms with Crippen molar-refractivity contribution in [3.05, 3.63) is 59.2 Å². The molecule has 2 aromatic carbocycles. The highest BCUT2D eigenvalue weighted by Gasteiger charge is 2.44. The Hall–Kier alpha value is -2.49. The summed E-state index contributed by atoms with van der Waals surface area (Å²) in [6, 6.07) is 14.2. The van der Waals surface area contributed by atoms with Crippen LogP contribution in [-0.2, 0) is 5.41 Å². The summed E-state index contributed by atoms with van der Waals surface area (Å²) in [7, 11) is 1.67.